The summed E-state index contributed by atoms with van der Waals surface area (Å²) in [7, 11) is 0. The van der Waals surface area contributed by atoms with Crippen molar-refractivity contribution in [3.63, 3.8) is 0 Å². The summed E-state index contributed by atoms with van der Waals surface area (Å²) >= 11 is -1.90. The maximum absolute atomic E-state index is 10.8. The van der Waals surface area contributed by atoms with Crippen molar-refractivity contribution in [2.75, 3.05) is 6.61 Å². The first-order valence-corrected chi connectivity index (χ1v) is 7.20. The largest absolute Gasteiger partial charge is 0.493 e. The van der Waals surface area contributed by atoms with Crippen molar-refractivity contribution in [3.8, 4) is 5.75 Å². The van der Waals surface area contributed by atoms with Gasteiger partial charge in [-0.2, -0.15) is 0 Å². The van der Waals surface area contributed by atoms with Crippen LogP contribution in [0.15, 0.2) is 29.2 Å². The maximum Gasteiger partial charge on any atom is 0.186 e. The van der Waals surface area contributed by atoms with Gasteiger partial charge in [0.25, 0.3) is 0 Å². The van der Waals surface area contributed by atoms with E-state index in [0.29, 0.717) is 10.8 Å². The summed E-state index contributed by atoms with van der Waals surface area (Å²) < 4.78 is 25.4. The SMILES string of the molecule is O=S(O)c1ccc(OCC2CCCCC2)cc1. The van der Waals surface area contributed by atoms with Gasteiger partial charge in [-0.05, 0) is 43.0 Å². The zero-order valence-corrected chi connectivity index (χ0v) is 10.6. The molecular weight excluding hydrogens is 236 g/mol. The van der Waals surface area contributed by atoms with E-state index >= 15 is 0 Å². The van der Waals surface area contributed by atoms with Crippen molar-refractivity contribution < 1.29 is 13.5 Å². The lowest BCUT2D eigenvalue weighted by molar-refractivity contribution is 0.209. The molecule has 0 aromatic heterocycles. The molecule has 0 aliphatic heterocycles. The summed E-state index contributed by atoms with van der Waals surface area (Å²) in [5, 5.41) is 0. The molecule has 1 aromatic carbocycles. The third-order valence-corrected chi connectivity index (χ3v) is 3.91. The lowest BCUT2D eigenvalue weighted by Crippen LogP contribution is -2.15. The molecule has 0 amide bonds. The lowest BCUT2D eigenvalue weighted by atomic mass is 9.90. The van der Waals surface area contributed by atoms with E-state index in [-0.39, 0.29) is 0 Å². The molecule has 0 bridgehead atoms. The molecule has 0 saturated heterocycles. The van der Waals surface area contributed by atoms with Crippen molar-refractivity contribution in [1.82, 2.24) is 0 Å². The predicted molar refractivity (Wildman–Crippen MR) is 67.5 cm³/mol. The molecule has 1 N–H and O–H groups in total. The maximum atomic E-state index is 10.8. The van der Waals surface area contributed by atoms with Crippen LogP contribution in [-0.4, -0.2) is 15.4 Å². The Morgan fingerprint density at radius 1 is 1.18 bits per heavy atom. The Hall–Kier alpha value is -0.870. The van der Waals surface area contributed by atoms with Crippen LogP contribution in [0.4, 0.5) is 0 Å². The quantitative estimate of drug-likeness (QED) is 0.839. The first-order chi connectivity index (χ1) is 8.25. The highest BCUT2D eigenvalue weighted by atomic mass is 32.2. The topological polar surface area (TPSA) is 46.5 Å². The minimum absolute atomic E-state index is 0.412. The van der Waals surface area contributed by atoms with E-state index in [2.05, 4.69) is 0 Å². The average Bonchev–Trinajstić information content (AvgIpc) is 2.38. The minimum Gasteiger partial charge on any atom is -0.493 e. The first-order valence-electron chi connectivity index (χ1n) is 6.09. The Balaban J connectivity index is 1.84. The summed E-state index contributed by atoms with van der Waals surface area (Å²) in [6.07, 6.45) is 6.51. The van der Waals surface area contributed by atoms with Gasteiger partial charge in [0.2, 0.25) is 0 Å². The van der Waals surface area contributed by atoms with E-state index in [0.717, 1.165) is 12.4 Å². The highest BCUT2D eigenvalue weighted by Crippen LogP contribution is 2.24. The van der Waals surface area contributed by atoms with Crippen LogP contribution in [0.5, 0.6) is 5.75 Å². The Morgan fingerprint density at radius 3 is 2.41 bits per heavy atom. The van der Waals surface area contributed by atoms with Gasteiger partial charge in [0.05, 0.1) is 11.5 Å². The molecule has 1 fully saturated rings. The molecule has 1 unspecified atom stereocenters. The lowest BCUT2D eigenvalue weighted by Gasteiger charge is -2.21. The summed E-state index contributed by atoms with van der Waals surface area (Å²) in [5.41, 5.74) is 0. The van der Waals surface area contributed by atoms with Gasteiger partial charge in [-0.15, -0.1) is 0 Å². The standard InChI is InChI=1S/C13H18O3S/c14-17(15)13-8-6-12(7-9-13)16-10-11-4-2-1-3-5-11/h6-9,11H,1-5,10H2,(H,14,15). The van der Waals surface area contributed by atoms with E-state index in [1.165, 1.54) is 32.1 Å². The van der Waals surface area contributed by atoms with Crippen molar-refractivity contribution in [3.05, 3.63) is 24.3 Å². The van der Waals surface area contributed by atoms with Crippen LogP contribution in [0.25, 0.3) is 0 Å². The number of ether oxygens (including phenoxy) is 1. The molecule has 0 radical (unpaired) electrons. The van der Waals surface area contributed by atoms with Gasteiger partial charge in [-0.3, -0.25) is 0 Å². The van der Waals surface area contributed by atoms with Crippen LogP contribution < -0.4 is 4.74 Å². The highest BCUT2D eigenvalue weighted by Gasteiger charge is 2.13. The number of rotatable bonds is 4. The second-order valence-corrected chi connectivity index (χ2v) is 5.51. The second-order valence-electron chi connectivity index (χ2n) is 4.54. The van der Waals surface area contributed by atoms with Crippen molar-refractivity contribution >= 4 is 11.1 Å². The van der Waals surface area contributed by atoms with Gasteiger partial charge in [0.15, 0.2) is 11.1 Å². The van der Waals surface area contributed by atoms with Crippen LogP contribution in [0.1, 0.15) is 32.1 Å². The zero-order chi connectivity index (χ0) is 12.1. The third-order valence-electron chi connectivity index (χ3n) is 3.24. The van der Waals surface area contributed by atoms with Gasteiger partial charge in [-0.25, -0.2) is 4.21 Å². The predicted octanol–water partition coefficient (Wildman–Crippen LogP) is 3.23. The van der Waals surface area contributed by atoms with Crippen LogP contribution in [0.2, 0.25) is 0 Å². The fraction of sp³-hybridized carbons (Fsp3) is 0.538. The van der Waals surface area contributed by atoms with Crippen LogP contribution in [0, 0.1) is 5.92 Å². The van der Waals surface area contributed by atoms with E-state index in [1.54, 1.807) is 24.3 Å². The van der Waals surface area contributed by atoms with Gasteiger partial charge in [0.1, 0.15) is 5.75 Å². The second kappa shape index (κ2) is 6.17. The van der Waals surface area contributed by atoms with Crippen LogP contribution in [0.3, 0.4) is 0 Å². The molecule has 4 heteroatoms. The molecule has 1 aliphatic rings. The van der Waals surface area contributed by atoms with Gasteiger partial charge >= 0.3 is 0 Å². The molecule has 1 atom stereocenters. The number of hydrogen-bond donors (Lipinski definition) is 1. The third kappa shape index (κ3) is 3.82. The van der Waals surface area contributed by atoms with Crippen molar-refractivity contribution in [2.45, 2.75) is 37.0 Å². The molecule has 3 nitrogen and oxygen atoms in total. The fourth-order valence-electron chi connectivity index (χ4n) is 2.22. The molecule has 17 heavy (non-hydrogen) atoms. The Morgan fingerprint density at radius 2 is 1.82 bits per heavy atom. The summed E-state index contributed by atoms with van der Waals surface area (Å²) in [6.45, 7) is 0.765. The summed E-state index contributed by atoms with van der Waals surface area (Å²) in [4.78, 5) is 0.412. The van der Waals surface area contributed by atoms with Crippen LogP contribution in [-0.2, 0) is 11.1 Å². The van der Waals surface area contributed by atoms with E-state index < -0.39 is 11.1 Å². The molecular formula is C13H18O3S. The molecule has 1 saturated carbocycles. The molecule has 1 aromatic rings. The van der Waals surface area contributed by atoms with E-state index in [9.17, 15) is 4.21 Å². The average molecular weight is 254 g/mol. The van der Waals surface area contributed by atoms with Gasteiger partial charge in [-0.1, -0.05) is 19.3 Å². The zero-order valence-electron chi connectivity index (χ0n) is 9.80. The van der Waals surface area contributed by atoms with Crippen molar-refractivity contribution in [2.24, 2.45) is 5.92 Å². The molecule has 94 valence electrons. The molecule has 2 rings (SSSR count). The highest BCUT2D eigenvalue weighted by molar-refractivity contribution is 7.79. The smallest absolute Gasteiger partial charge is 0.186 e. The Kier molecular flexibility index (Phi) is 4.57. The fourth-order valence-corrected chi connectivity index (χ4v) is 2.59. The molecule has 1 aliphatic carbocycles. The normalized spacial score (nSPS) is 18.9. The minimum atomic E-state index is -1.90. The molecule has 0 spiro atoms. The number of hydrogen-bond acceptors (Lipinski definition) is 2. The number of benzene rings is 1. The van der Waals surface area contributed by atoms with Gasteiger partial charge < -0.3 is 9.29 Å². The monoisotopic (exact) mass is 254 g/mol. The first kappa shape index (κ1) is 12.6. The Labute approximate surface area is 104 Å². The summed E-state index contributed by atoms with van der Waals surface area (Å²) in [5.74, 6) is 1.46. The molecule has 0 heterocycles. The van der Waals surface area contributed by atoms with Gasteiger partial charge in [0, 0.05) is 0 Å². The van der Waals surface area contributed by atoms with E-state index in [4.69, 9.17) is 9.29 Å². The van der Waals surface area contributed by atoms with E-state index in [1.807, 2.05) is 0 Å². The Bertz CT molecular complexity index is 369. The van der Waals surface area contributed by atoms with Crippen LogP contribution >= 0.6 is 0 Å². The van der Waals surface area contributed by atoms with Crippen molar-refractivity contribution in [1.29, 1.82) is 0 Å². The summed E-state index contributed by atoms with van der Waals surface area (Å²) in [6, 6.07) is 6.77.